The summed E-state index contributed by atoms with van der Waals surface area (Å²) in [4.78, 5) is 0. The van der Waals surface area contributed by atoms with Gasteiger partial charge in [-0.25, -0.2) is 0 Å². The molecule has 5 heteroatoms. The fourth-order valence-corrected chi connectivity index (χ4v) is 1.79. The van der Waals surface area contributed by atoms with Gasteiger partial charge in [-0.15, -0.1) is 0 Å². The SMILES string of the molecule is Cc1ccc(CC(NN)c2cn[nH]n2)cc1C. The Bertz CT molecular complexity index is 478. The summed E-state index contributed by atoms with van der Waals surface area (Å²) in [6.07, 6.45) is 2.48. The summed E-state index contributed by atoms with van der Waals surface area (Å²) in [7, 11) is 0. The molecular weight excluding hydrogens is 214 g/mol. The first-order valence-electron chi connectivity index (χ1n) is 5.58. The number of aryl methyl sites for hydroxylation is 2. The highest BCUT2D eigenvalue weighted by atomic mass is 15.3. The van der Waals surface area contributed by atoms with E-state index < -0.39 is 0 Å². The van der Waals surface area contributed by atoms with E-state index in [1.165, 1.54) is 16.7 Å². The van der Waals surface area contributed by atoms with Crippen molar-refractivity contribution in [2.45, 2.75) is 26.3 Å². The summed E-state index contributed by atoms with van der Waals surface area (Å²) in [5.41, 5.74) is 7.41. The molecule has 1 aromatic carbocycles. The Morgan fingerprint density at radius 2 is 2.18 bits per heavy atom. The Morgan fingerprint density at radius 3 is 2.76 bits per heavy atom. The van der Waals surface area contributed by atoms with Crippen molar-refractivity contribution in [3.63, 3.8) is 0 Å². The number of hydrazine groups is 1. The molecule has 4 N–H and O–H groups in total. The van der Waals surface area contributed by atoms with Crippen molar-refractivity contribution in [3.05, 3.63) is 46.8 Å². The number of aromatic nitrogens is 3. The van der Waals surface area contributed by atoms with E-state index in [2.05, 4.69) is 52.9 Å². The van der Waals surface area contributed by atoms with E-state index in [1.54, 1.807) is 6.20 Å². The third-order valence-corrected chi connectivity index (χ3v) is 3.00. The first kappa shape index (κ1) is 11.8. The summed E-state index contributed by atoms with van der Waals surface area (Å²) in [5, 5.41) is 10.4. The van der Waals surface area contributed by atoms with Crippen LogP contribution in [0.25, 0.3) is 0 Å². The van der Waals surface area contributed by atoms with Gasteiger partial charge in [0.2, 0.25) is 0 Å². The molecule has 90 valence electrons. The summed E-state index contributed by atoms with van der Waals surface area (Å²) < 4.78 is 0. The Kier molecular flexibility index (Phi) is 3.51. The number of aromatic amines is 1. The van der Waals surface area contributed by atoms with E-state index in [1.807, 2.05) is 0 Å². The van der Waals surface area contributed by atoms with Crippen LogP contribution in [0.15, 0.2) is 24.4 Å². The van der Waals surface area contributed by atoms with Gasteiger partial charge in [0.05, 0.1) is 12.2 Å². The van der Waals surface area contributed by atoms with Crippen molar-refractivity contribution < 1.29 is 0 Å². The predicted molar refractivity (Wildman–Crippen MR) is 66.1 cm³/mol. The van der Waals surface area contributed by atoms with Crippen molar-refractivity contribution in [1.82, 2.24) is 20.8 Å². The van der Waals surface area contributed by atoms with Crippen LogP contribution in [-0.2, 0) is 6.42 Å². The molecule has 0 saturated heterocycles. The summed E-state index contributed by atoms with van der Waals surface area (Å²) >= 11 is 0. The van der Waals surface area contributed by atoms with E-state index in [0.717, 1.165) is 12.1 Å². The van der Waals surface area contributed by atoms with Crippen molar-refractivity contribution >= 4 is 0 Å². The number of benzene rings is 1. The number of hydrogen-bond acceptors (Lipinski definition) is 4. The maximum absolute atomic E-state index is 5.55. The van der Waals surface area contributed by atoms with Gasteiger partial charge in [0.15, 0.2) is 0 Å². The highest BCUT2D eigenvalue weighted by Gasteiger charge is 2.13. The second-order valence-corrected chi connectivity index (χ2v) is 4.24. The minimum atomic E-state index is -0.0177. The van der Waals surface area contributed by atoms with Gasteiger partial charge in [-0.1, -0.05) is 18.2 Å². The lowest BCUT2D eigenvalue weighted by Gasteiger charge is -2.13. The third-order valence-electron chi connectivity index (χ3n) is 3.00. The number of nitrogens with two attached hydrogens (primary N) is 1. The van der Waals surface area contributed by atoms with Gasteiger partial charge in [0.1, 0.15) is 5.69 Å². The second kappa shape index (κ2) is 5.07. The zero-order valence-corrected chi connectivity index (χ0v) is 10.1. The fourth-order valence-electron chi connectivity index (χ4n) is 1.79. The molecule has 0 bridgehead atoms. The molecule has 0 aliphatic rings. The topological polar surface area (TPSA) is 79.6 Å². The second-order valence-electron chi connectivity index (χ2n) is 4.24. The molecule has 0 aliphatic carbocycles. The molecule has 1 aromatic heterocycles. The smallest absolute Gasteiger partial charge is 0.101 e. The quantitative estimate of drug-likeness (QED) is 0.545. The molecule has 1 atom stereocenters. The maximum atomic E-state index is 5.55. The first-order chi connectivity index (χ1) is 8.20. The Hall–Kier alpha value is -1.72. The van der Waals surface area contributed by atoms with Crippen LogP contribution < -0.4 is 11.3 Å². The molecule has 0 fully saturated rings. The van der Waals surface area contributed by atoms with Gasteiger partial charge >= 0.3 is 0 Å². The number of nitrogens with one attached hydrogen (secondary N) is 2. The van der Waals surface area contributed by atoms with Gasteiger partial charge in [0.25, 0.3) is 0 Å². The van der Waals surface area contributed by atoms with Gasteiger partial charge < -0.3 is 0 Å². The summed E-state index contributed by atoms with van der Waals surface area (Å²) in [6, 6.07) is 6.41. The lowest BCUT2D eigenvalue weighted by molar-refractivity contribution is 0.537. The lowest BCUT2D eigenvalue weighted by Crippen LogP contribution is -2.29. The van der Waals surface area contributed by atoms with Gasteiger partial charge in [-0.05, 0) is 37.0 Å². The van der Waals surface area contributed by atoms with Crippen LogP contribution in [-0.4, -0.2) is 15.4 Å². The number of nitrogens with zero attached hydrogens (tertiary/aromatic N) is 2. The van der Waals surface area contributed by atoms with Crippen LogP contribution in [0, 0.1) is 13.8 Å². The van der Waals surface area contributed by atoms with E-state index in [-0.39, 0.29) is 6.04 Å². The van der Waals surface area contributed by atoms with E-state index in [4.69, 9.17) is 5.84 Å². The van der Waals surface area contributed by atoms with Gasteiger partial charge in [0, 0.05) is 0 Å². The molecule has 0 radical (unpaired) electrons. The lowest BCUT2D eigenvalue weighted by atomic mass is 10.00. The number of rotatable bonds is 4. The molecule has 0 saturated carbocycles. The van der Waals surface area contributed by atoms with Crippen LogP contribution in [0.3, 0.4) is 0 Å². The molecule has 0 spiro atoms. The van der Waals surface area contributed by atoms with Crippen LogP contribution in [0.1, 0.15) is 28.4 Å². The average Bonchev–Trinajstić information content (AvgIpc) is 2.84. The normalized spacial score (nSPS) is 12.6. The Balaban J connectivity index is 2.16. The van der Waals surface area contributed by atoms with Crippen molar-refractivity contribution in [1.29, 1.82) is 0 Å². The van der Waals surface area contributed by atoms with E-state index in [0.29, 0.717) is 0 Å². The monoisotopic (exact) mass is 231 g/mol. The number of hydrogen-bond donors (Lipinski definition) is 3. The fraction of sp³-hybridized carbons (Fsp3) is 0.333. The van der Waals surface area contributed by atoms with Crippen molar-refractivity contribution in [3.8, 4) is 0 Å². The molecule has 5 nitrogen and oxygen atoms in total. The van der Waals surface area contributed by atoms with Gasteiger partial charge in [-0.2, -0.15) is 15.4 Å². The Labute approximate surface area is 100 Å². The summed E-state index contributed by atoms with van der Waals surface area (Å²) in [5.74, 6) is 5.55. The van der Waals surface area contributed by atoms with Crippen LogP contribution in [0.4, 0.5) is 0 Å². The molecule has 1 heterocycles. The number of H-pyrrole nitrogens is 1. The van der Waals surface area contributed by atoms with Crippen LogP contribution in [0.5, 0.6) is 0 Å². The first-order valence-corrected chi connectivity index (χ1v) is 5.58. The van der Waals surface area contributed by atoms with E-state index >= 15 is 0 Å². The molecule has 2 aromatic rings. The molecule has 1 unspecified atom stereocenters. The molecule has 0 amide bonds. The van der Waals surface area contributed by atoms with Crippen LogP contribution in [0.2, 0.25) is 0 Å². The predicted octanol–water partition coefficient (Wildman–Crippen LogP) is 1.17. The average molecular weight is 231 g/mol. The maximum Gasteiger partial charge on any atom is 0.101 e. The zero-order valence-electron chi connectivity index (χ0n) is 10.1. The van der Waals surface area contributed by atoms with Crippen molar-refractivity contribution in [2.24, 2.45) is 5.84 Å². The zero-order chi connectivity index (χ0) is 12.3. The minimum absolute atomic E-state index is 0.0177. The standard InChI is InChI=1S/C12H17N5/c1-8-3-4-10(5-9(8)2)6-11(15-13)12-7-14-17-16-12/h3-5,7,11,15H,6,13H2,1-2H3,(H,14,16,17). The minimum Gasteiger partial charge on any atom is -0.271 e. The third kappa shape index (κ3) is 2.69. The van der Waals surface area contributed by atoms with E-state index in [9.17, 15) is 0 Å². The van der Waals surface area contributed by atoms with Gasteiger partial charge in [-0.3, -0.25) is 11.3 Å². The molecule has 17 heavy (non-hydrogen) atoms. The molecule has 2 rings (SSSR count). The highest BCUT2D eigenvalue weighted by Crippen LogP contribution is 2.17. The molecule has 0 aliphatic heterocycles. The summed E-state index contributed by atoms with van der Waals surface area (Å²) in [6.45, 7) is 4.22. The highest BCUT2D eigenvalue weighted by molar-refractivity contribution is 5.30. The largest absolute Gasteiger partial charge is 0.271 e. The van der Waals surface area contributed by atoms with Crippen molar-refractivity contribution in [2.75, 3.05) is 0 Å². The van der Waals surface area contributed by atoms with Crippen LogP contribution >= 0.6 is 0 Å². The molecular formula is C12H17N5. The Morgan fingerprint density at radius 1 is 1.35 bits per heavy atom.